The molecule has 0 saturated carbocycles. The van der Waals surface area contributed by atoms with Gasteiger partial charge in [0.2, 0.25) is 5.88 Å². The Bertz CT molecular complexity index is 860. The van der Waals surface area contributed by atoms with E-state index in [1.807, 2.05) is 36.4 Å². The van der Waals surface area contributed by atoms with E-state index in [2.05, 4.69) is 4.99 Å². The van der Waals surface area contributed by atoms with Crippen LogP contribution in [0.1, 0.15) is 11.1 Å². The van der Waals surface area contributed by atoms with Crippen molar-refractivity contribution in [2.24, 2.45) is 4.99 Å². The van der Waals surface area contributed by atoms with Crippen molar-refractivity contribution in [2.45, 2.75) is 0 Å². The molecule has 0 unspecified atom stereocenters. The maximum absolute atomic E-state index is 13.6. The number of furan rings is 1. The molecule has 3 rings (SSSR count). The molecule has 0 aliphatic heterocycles. The van der Waals surface area contributed by atoms with E-state index < -0.39 is 0 Å². The molecule has 3 aromatic rings. The van der Waals surface area contributed by atoms with Crippen molar-refractivity contribution in [3.8, 4) is 17.4 Å². The summed E-state index contributed by atoms with van der Waals surface area (Å²) in [6.45, 7) is 0. The molecule has 4 heteroatoms. The van der Waals surface area contributed by atoms with Gasteiger partial charge in [0.05, 0.1) is 0 Å². The van der Waals surface area contributed by atoms with Gasteiger partial charge in [0.25, 0.3) is 0 Å². The Kier molecular flexibility index (Phi) is 3.80. The zero-order chi connectivity index (χ0) is 15.4. The fourth-order valence-electron chi connectivity index (χ4n) is 2.01. The van der Waals surface area contributed by atoms with Gasteiger partial charge < -0.3 is 4.42 Å². The number of halogens is 1. The average molecular weight is 290 g/mol. The van der Waals surface area contributed by atoms with Gasteiger partial charge in [0, 0.05) is 23.4 Å². The Labute approximate surface area is 127 Å². The van der Waals surface area contributed by atoms with Crippen LogP contribution in [0, 0.1) is 17.1 Å². The monoisotopic (exact) mass is 290 g/mol. The molecule has 0 amide bonds. The molecule has 0 saturated heterocycles. The van der Waals surface area contributed by atoms with Crippen molar-refractivity contribution in [1.29, 1.82) is 5.26 Å². The Balaban J connectivity index is 1.96. The molecule has 0 aliphatic rings. The maximum Gasteiger partial charge on any atom is 0.237 e. The van der Waals surface area contributed by atoms with Crippen LogP contribution in [0.3, 0.4) is 0 Å². The second-order valence-corrected chi connectivity index (χ2v) is 4.59. The molecular formula is C18H11FN2O. The van der Waals surface area contributed by atoms with E-state index in [1.165, 1.54) is 12.3 Å². The van der Waals surface area contributed by atoms with Gasteiger partial charge in [-0.3, -0.25) is 0 Å². The summed E-state index contributed by atoms with van der Waals surface area (Å²) in [6, 6.07) is 19.4. The van der Waals surface area contributed by atoms with Crippen LogP contribution < -0.4 is 0 Å². The van der Waals surface area contributed by atoms with Gasteiger partial charge in [0.15, 0.2) is 0 Å². The van der Waals surface area contributed by atoms with E-state index in [0.717, 1.165) is 5.56 Å². The first-order valence-corrected chi connectivity index (χ1v) is 6.66. The highest BCUT2D eigenvalue weighted by molar-refractivity contribution is 5.82. The van der Waals surface area contributed by atoms with Crippen LogP contribution >= 0.6 is 0 Å². The highest BCUT2D eigenvalue weighted by atomic mass is 19.1. The lowest BCUT2D eigenvalue weighted by Crippen LogP contribution is -1.85. The van der Waals surface area contributed by atoms with Crippen LogP contribution in [0.15, 0.2) is 70.1 Å². The molecule has 0 spiro atoms. The van der Waals surface area contributed by atoms with Crippen molar-refractivity contribution in [2.75, 3.05) is 0 Å². The molecular weight excluding hydrogens is 279 g/mol. The van der Waals surface area contributed by atoms with Crippen LogP contribution in [0.25, 0.3) is 11.3 Å². The highest BCUT2D eigenvalue weighted by Crippen LogP contribution is 2.30. The zero-order valence-corrected chi connectivity index (χ0v) is 11.5. The number of benzene rings is 2. The summed E-state index contributed by atoms with van der Waals surface area (Å²) in [6.07, 6.45) is 1.35. The topological polar surface area (TPSA) is 49.3 Å². The molecule has 22 heavy (non-hydrogen) atoms. The molecule has 0 radical (unpaired) electrons. The van der Waals surface area contributed by atoms with Gasteiger partial charge in [-0.25, -0.2) is 9.38 Å². The van der Waals surface area contributed by atoms with Gasteiger partial charge in [-0.1, -0.05) is 48.5 Å². The molecule has 0 bridgehead atoms. The van der Waals surface area contributed by atoms with Gasteiger partial charge >= 0.3 is 0 Å². The van der Waals surface area contributed by atoms with E-state index in [-0.39, 0.29) is 11.7 Å². The van der Waals surface area contributed by atoms with Crippen LogP contribution in [0.2, 0.25) is 0 Å². The predicted octanol–water partition coefficient (Wildman–Crippen LogP) is 4.71. The number of hydrogen-bond donors (Lipinski definition) is 0. The second kappa shape index (κ2) is 6.06. The summed E-state index contributed by atoms with van der Waals surface area (Å²) in [5.74, 6) is 0.349. The first-order valence-electron chi connectivity index (χ1n) is 6.66. The highest BCUT2D eigenvalue weighted by Gasteiger charge is 2.11. The van der Waals surface area contributed by atoms with Crippen molar-refractivity contribution < 1.29 is 8.81 Å². The number of aliphatic imine (C=N–C) groups is 1. The van der Waals surface area contributed by atoms with Crippen LogP contribution in [-0.4, -0.2) is 6.21 Å². The summed E-state index contributed by atoms with van der Waals surface area (Å²) in [5, 5.41) is 9.17. The van der Waals surface area contributed by atoms with E-state index >= 15 is 0 Å². The standard InChI is InChI=1S/C18H11FN2O/c19-16-9-5-4-8-14(16)12-21-18-15(11-20)10-17(22-18)13-6-2-1-3-7-13/h1-10,12H. The third-order valence-corrected chi connectivity index (χ3v) is 3.12. The minimum absolute atomic E-state index is 0.171. The molecule has 0 fully saturated rings. The van der Waals surface area contributed by atoms with Crippen molar-refractivity contribution >= 4 is 12.1 Å². The summed E-state index contributed by atoms with van der Waals surface area (Å²) in [7, 11) is 0. The molecule has 0 atom stereocenters. The average Bonchev–Trinajstić information content (AvgIpc) is 2.98. The Morgan fingerprint density at radius 2 is 1.77 bits per heavy atom. The Morgan fingerprint density at radius 1 is 1.05 bits per heavy atom. The first kappa shape index (κ1) is 13.8. The van der Waals surface area contributed by atoms with Gasteiger partial charge in [-0.2, -0.15) is 5.26 Å². The third-order valence-electron chi connectivity index (χ3n) is 3.12. The first-order chi connectivity index (χ1) is 10.8. The Hall–Kier alpha value is -3.19. The quantitative estimate of drug-likeness (QED) is 0.656. The summed E-state index contributed by atoms with van der Waals surface area (Å²) in [4.78, 5) is 4.10. The largest absolute Gasteiger partial charge is 0.437 e. The van der Waals surface area contributed by atoms with Crippen molar-refractivity contribution in [3.05, 3.63) is 77.6 Å². The molecule has 3 nitrogen and oxygen atoms in total. The molecule has 1 heterocycles. The van der Waals surface area contributed by atoms with Crippen LogP contribution in [-0.2, 0) is 0 Å². The lowest BCUT2D eigenvalue weighted by Gasteiger charge is -1.95. The fraction of sp³-hybridized carbons (Fsp3) is 0. The maximum atomic E-state index is 13.6. The summed E-state index contributed by atoms with van der Waals surface area (Å²) >= 11 is 0. The normalized spacial score (nSPS) is 10.7. The minimum atomic E-state index is -0.375. The zero-order valence-electron chi connectivity index (χ0n) is 11.5. The number of nitriles is 1. The summed E-state index contributed by atoms with van der Waals surface area (Å²) < 4.78 is 19.2. The number of hydrogen-bond acceptors (Lipinski definition) is 3. The van der Waals surface area contributed by atoms with Gasteiger partial charge in [-0.05, 0) is 6.07 Å². The van der Waals surface area contributed by atoms with Crippen molar-refractivity contribution in [3.63, 3.8) is 0 Å². The van der Waals surface area contributed by atoms with E-state index in [1.54, 1.807) is 24.3 Å². The molecule has 106 valence electrons. The van der Waals surface area contributed by atoms with E-state index in [0.29, 0.717) is 16.9 Å². The molecule has 0 aliphatic carbocycles. The van der Waals surface area contributed by atoms with Crippen molar-refractivity contribution in [1.82, 2.24) is 0 Å². The summed E-state index contributed by atoms with van der Waals surface area (Å²) in [5.41, 5.74) is 1.50. The second-order valence-electron chi connectivity index (χ2n) is 4.59. The van der Waals surface area contributed by atoms with E-state index in [4.69, 9.17) is 4.42 Å². The lowest BCUT2D eigenvalue weighted by atomic mass is 10.1. The number of rotatable bonds is 3. The lowest BCUT2D eigenvalue weighted by molar-refractivity contribution is 0.592. The van der Waals surface area contributed by atoms with Crippen LogP contribution in [0.4, 0.5) is 10.3 Å². The predicted molar refractivity (Wildman–Crippen MR) is 82.5 cm³/mol. The smallest absolute Gasteiger partial charge is 0.237 e. The SMILES string of the molecule is N#Cc1cc(-c2ccccc2)oc1N=Cc1ccccc1F. The third kappa shape index (κ3) is 2.79. The molecule has 1 aromatic heterocycles. The fourth-order valence-corrected chi connectivity index (χ4v) is 2.01. The molecule has 2 aromatic carbocycles. The van der Waals surface area contributed by atoms with Gasteiger partial charge in [-0.15, -0.1) is 0 Å². The minimum Gasteiger partial charge on any atom is -0.437 e. The Morgan fingerprint density at radius 3 is 2.50 bits per heavy atom. The van der Waals surface area contributed by atoms with Gasteiger partial charge in [0.1, 0.15) is 23.2 Å². The van der Waals surface area contributed by atoms with E-state index in [9.17, 15) is 9.65 Å². The molecule has 0 N–H and O–H groups in total. The number of nitrogens with zero attached hydrogens (tertiary/aromatic N) is 2. The van der Waals surface area contributed by atoms with Crippen LogP contribution in [0.5, 0.6) is 0 Å².